The average molecular weight is 427 g/mol. The summed E-state index contributed by atoms with van der Waals surface area (Å²) in [6.45, 7) is 7.07. The fourth-order valence-corrected chi connectivity index (χ4v) is 4.21. The fourth-order valence-electron chi connectivity index (χ4n) is 4.21. The quantitative estimate of drug-likeness (QED) is 0.586. The lowest BCUT2D eigenvalue weighted by Gasteiger charge is -2.23. The third kappa shape index (κ3) is 4.33. The smallest absolute Gasteiger partial charge is 0.150 e. The SMILES string of the molecule is C[C@@H]1COCCOC[C@H](C)n2cc(cn2)-c2nn(C3CCCCO3)c3ccc(cc23)O1. The largest absolute Gasteiger partial charge is 0.488 e. The van der Waals surface area contributed by atoms with Crippen LogP contribution >= 0.6 is 0 Å². The van der Waals surface area contributed by atoms with Gasteiger partial charge in [0.1, 0.15) is 17.5 Å². The van der Waals surface area contributed by atoms with Crippen LogP contribution in [-0.4, -0.2) is 58.7 Å². The molecule has 2 aliphatic heterocycles. The Morgan fingerprint density at radius 3 is 2.74 bits per heavy atom. The highest BCUT2D eigenvalue weighted by atomic mass is 16.5. The molecule has 3 atom stereocenters. The Kier molecular flexibility index (Phi) is 5.93. The van der Waals surface area contributed by atoms with Crippen molar-refractivity contribution in [3.05, 3.63) is 30.6 Å². The Morgan fingerprint density at radius 1 is 1.03 bits per heavy atom. The van der Waals surface area contributed by atoms with Crippen LogP contribution in [0.3, 0.4) is 0 Å². The van der Waals surface area contributed by atoms with Crippen molar-refractivity contribution in [1.82, 2.24) is 19.6 Å². The van der Waals surface area contributed by atoms with Crippen molar-refractivity contribution in [3.8, 4) is 17.0 Å². The molecule has 3 aromatic rings. The molecule has 8 heteroatoms. The van der Waals surface area contributed by atoms with Crippen molar-refractivity contribution in [3.63, 3.8) is 0 Å². The third-order valence-electron chi connectivity index (χ3n) is 5.85. The van der Waals surface area contributed by atoms with E-state index in [1.807, 2.05) is 34.7 Å². The standard InChI is InChI=1S/C23H30N4O4/c1-16-14-28-9-10-29-15-17(2)31-19-6-7-21-20(11-19)23(18-12-24-26(16)13-18)25-27(21)22-5-3-4-8-30-22/h6-7,11-13,16-17,22H,3-5,8-10,14-15H2,1-2H3/t16-,17+,22?/m0/s1. The van der Waals surface area contributed by atoms with Gasteiger partial charge in [-0.15, -0.1) is 0 Å². The zero-order chi connectivity index (χ0) is 21.2. The molecule has 166 valence electrons. The van der Waals surface area contributed by atoms with E-state index in [4.69, 9.17) is 24.0 Å². The molecule has 0 radical (unpaired) electrons. The van der Waals surface area contributed by atoms with Crippen LogP contribution in [0.5, 0.6) is 5.75 Å². The second-order valence-electron chi connectivity index (χ2n) is 8.43. The number of benzene rings is 1. The minimum atomic E-state index is -0.0628. The van der Waals surface area contributed by atoms with Crippen molar-refractivity contribution >= 4 is 10.9 Å². The number of ether oxygens (including phenoxy) is 4. The van der Waals surface area contributed by atoms with Gasteiger partial charge in [0.15, 0.2) is 6.23 Å². The van der Waals surface area contributed by atoms with Crippen molar-refractivity contribution in [2.24, 2.45) is 0 Å². The van der Waals surface area contributed by atoms with E-state index in [1.54, 1.807) is 0 Å². The van der Waals surface area contributed by atoms with E-state index in [2.05, 4.69) is 24.2 Å². The normalized spacial score (nSPS) is 25.5. The van der Waals surface area contributed by atoms with E-state index in [0.717, 1.165) is 53.8 Å². The first-order chi connectivity index (χ1) is 15.2. The van der Waals surface area contributed by atoms with Crippen LogP contribution in [0.25, 0.3) is 22.2 Å². The molecule has 0 saturated carbocycles. The van der Waals surface area contributed by atoms with E-state index in [1.165, 1.54) is 0 Å². The van der Waals surface area contributed by atoms with Gasteiger partial charge in [0.2, 0.25) is 0 Å². The van der Waals surface area contributed by atoms with Crippen LogP contribution in [0.1, 0.15) is 45.4 Å². The maximum atomic E-state index is 6.13. The molecule has 0 amide bonds. The van der Waals surface area contributed by atoms with Crippen molar-refractivity contribution in [2.75, 3.05) is 33.0 Å². The molecule has 1 saturated heterocycles. The predicted molar refractivity (Wildman–Crippen MR) is 116 cm³/mol. The summed E-state index contributed by atoms with van der Waals surface area (Å²) in [5.41, 5.74) is 2.92. The summed E-state index contributed by atoms with van der Waals surface area (Å²) in [6.07, 6.45) is 7.04. The zero-order valence-electron chi connectivity index (χ0n) is 18.2. The van der Waals surface area contributed by atoms with Gasteiger partial charge in [0, 0.05) is 23.8 Å². The van der Waals surface area contributed by atoms with Crippen LogP contribution in [0, 0.1) is 0 Å². The summed E-state index contributed by atoms with van der Waals surface area (Å²) in [6, 6.07) is 6.27. The fraction of sp³-hybridized carbons (Fsp3) is 0.565. The van der Waals surface area contributed by atoms with Crippen LogP contribution in [-0.2, 0) is 14.2 Å². The van der Waals surface area contributed by atoms with Gasteiger partial charge < -0.3 is 18.9 Å². The summed E-state index contributed by atoms with van der Waals surface area (Å²) >= 11 is 0. The number of nitrogens with zero attached hydrogens (tertiary/aromatic N) is 4. The first kappa shape index (κ1) is 20.5. The van der Waals surface area contributed by atoms with Crippen LogP contribution in [0.4, 0.5) is 0 Å². The van der Waals surface area contributed by atoms with Gasteiger partial charge in [0.25, 0.3) is 0 Å². The maximum Gasteiger partial charge on any atom is 0.150 e. The Bertz CT molecular complexity index is 1020. The molecular formula is C23H30N4O4. The van der Waals surface area contributed by atoms with Gasteiger partial charge in [-0.3, -0.25) is 4.68 Å². The Balaban J connectivity index is 1.59. The molecule has 0 N–H and O–H groups in total. The average Bonchev–Trinajstić information content (AvgIpc) is 3.41. The summed E-state index contributed by atoms with van der Waals surface area (Å²) in [4.78, 5) is 0. The minimum Gasteiger partial charge on any atom is -0.488 e. The first-order valence-corrected chi connectivity index (χ1v) is 11.2. The molecule has 0 aliphatic carbocycles. The highest BCUT2D eigenvalue weighted by molar-refractivity contribution is 5.94. The molecule has 5 rings (SSSR count). The van der Waals surface area contributed by atoms with Gasteiger partial charge in [-0.1, -0.05) is 0 Å². The Hall–Kier alpha value is -2.42. The van der Waals surface area contributed by atoms with Gasteiger partial charge in [-0.05, 0) is 51.3 Å². The number of aromatic nitrogens is 4. The van der Waals surface area contributed by atoms with Crippen LogP contribution < -0.4 is 4.74 Å². The van der Waals surface area contributed by atoms with E-state index >= 15 is 0 Å². The molecular weight excluding hydrogens is 396 g/mol. The van der Waals surface area contributed by atoms with Crippen molar-refractivity contribution in [1.29, 1.82) is 0 Å². The molecule has 8 nitrogen and oxygen atoms in total. The van der Waals surface area contributed by atoms with Crippen molar-refractivity contribution < 1.29 is 18.9 Å². The number of hydrogen-bond donors (Lipinski definition) is 0. The van der Waals surface area contributed by atoms with Gasteiger partial charge in [-0.25, -0.2) is 4.68 Å². The lowest BCUT2D eigenvalue weighted by Crippen LogP contribution is -2.21. The van der Waals surface area contributed by atoms with E-state index in [0.29, 0.717) is 26.4 Å². The summed E-state index contributed by atoms with van der Waals surface area (Å²) in [7, 11) is 0. The predicted octanol–water partition coefficient (Wildman–Crippen LogP) is 3.97. The molecule has 0 spiro atoms. The molecule has 1 unspecified atom stereocenters. The molecule has 31 heavy (non-hydrogen) atoms. The van der Waals surface area contributed by atoms with E-state index < -0.39 is 0 Å². The first-order valence-electron chi connectivity index (χ1n) is 11.2. The molecule has 2 aliphatic rings. The summed E-state index contributed by atoms with van der Waals surface area (Å²) in [5.74, 6) is 0.804. The second-order valence-corrected chi connectivity index (χ2v) is 8.43. The minimum absolute atomic E-state index is 0.0411. The second kappa shape index (κ2) is 8.98. The highest BCUT2D eigenvalue weighted by Gasteiger charge is 2.23. The molecule has 4 heterocycles. The molecule has 2 aromatic heterocycles. The zero-order valence-corrected chi connectivity index (χ0v) is 18.2. The number of hydrogen-bond acceptors (Lipinski definition) is 6. The summed E-state index contributed by atoms with van der Waals surface area (Å²) in [5, 5.41) is 10.6. The molecule has 1 fully saturated rings. The third-order valence-corrected chi connectivity index (χ3v) is 5.85. The molecule has 4 bridgehead atoms. The van der Waals surface area contributed by atoms with Gasteiger partial charge >= 0.3 is 0 Å². The van der Waals surface area contributed by atoms with Crippen LogP contribution in [0.2, 0.25) is 0 Å². The Labute approximate surface area is 182 Å². The molecule has 1 aromatic carbocycles. The van der Waals surface area contributed by atoms with Crippen LogP contribution in [0.15, 0.2) is 30.6 Å². The van der Waals surface area contributed by atoms with E-state index in [-0.39, 0.29) is 18.4 Å². The number of fused-ring (bicyclic) bond motifs is 4. The highest BCUT2D eigenvalue weighted by Crippen LogP contribution is 2.35. The number of rotatable bonds is 1. The maximum absolute atomic E-state index is 6.13. The monoisotopic (exact) mass is 426 g/mol. The topological polar surface area (TPSA) is 72.6 Å². The van der Waals surface area contributed by atoms with Gasteiger partial charge in [-0.2, -0.15) is 10.2 Å². The summed E-state index contributed by atoms with van der Waals surface area (Å²) < 4.78 is 27.6. The lowest BCUT2D eigenvalue weighted by molar-refractivity contribution is -0.0365. The van der Waals surface area contributed by atoms with Gasteiger partial charge in [0.05, 0.1) is 44.2 Å². The van der Waals surface area contributed by atoms with E-state index in [9.17, 15) is 0 Å². The Morgan fingerprint density at radius 2 is 1.90 bits per heavy atom. The lowest BCUT2D eigenvalue weighted by atomic mass is 10.1. The van der Waals surface area contributed by atoms with Crippen molar-refractivity contribution in [2.45, 2.75) is 51.5 Å².